The lowest BCUT2D eigenvalue weighted by molar-refractivity contribution is 0.0906. The van der Waals surface area contributed by atoms with Crippen molar-refractivity contribution in [2.45, 2.75) is 26.0 Å². The fourth-order valence-electron chi connectivity index (χ4n) is 3.82. The monoisotopic (exact) mass is 501 g/mol. The quantitative estimate of drug-likeness (QED) is 0.423. The van der Waals surface area contributed by atoms with Crippen LogP contribution in [0.25, 0.3) is 11.0 Å². The lowest BCUT2D eigenvalue weighted by Crippen LogP contribution is -2.48. The van der Waals surface area contributed by atoms with Crippen molar-refractivity contribution in [3.63, 3.8) is 0 Å². The number of hydrogen-bond donors (Lipinski definition) is 3. The second-order valence-electron chi connectivity index (χ2n) is 8.60. The summed E-state index contributed by atoms with van der Waals surface area (Å²) in [7, 11) is 2.43. The minimum atomic E-state index is -1.11. The molecule has 0 saturated carbocycles. The number of fused-ring (bicyclic) bond motifs is 3. The van der Waals surface area contributed by atoms with Crippen molar-refractivity contribution in [1.82, 2.24) is 15.2 Å². The third-order valence-electron chi connectivity index (χ3n) is 5.45. The van der Waals surface area contributed by atoms with Crippen molar-refractivity contribution in [3.05, 3.63) is 47.6 Å². The van der Waals surface area contributed by atoms with Crippen molar-refractivity contribution in [1.29, 1.82) is 0 Å². The number of carbonyl (C=O) groups excluding carboxylic acids is 1. The minimum Gasteiger partial charge on any atom is -0.493 e. The molecule has 0 atom stereocenters. The van der Waals surface area contributed by atoms with Crippen LogP contribution >= 0.6 is 0 Å². The summed E-state index contributed by atoms with van der Waals surface area (Å²) in [6.07, 6.45) is 5.38. The van der Waals surface area contributed by atoms with Crippen LogP contribution < -0.4 is 25.0 Å². The number of aliphatic hydroxyl groups is 1. The summed E-state index contributed by atoms with van der Waals surface area (Å²) in [5.74, 6) is -2.78. The van der Waals surface area contributed by atoms with Crippen LogP contribution in [0.1, 0.15) is 19.4 Å². The number of H-pyrrole nitrogens is 1. The van der Waals surface area contributed by atoms with Gasteiger partial charge < -0.3 is 20.3 Å². The van der Waals surface area contributed by atoms with Crippen LogP contribution in [0.2, 0.25) is 0 Å². The van der Waals surface area contributed by atoms with Crippen LogP contribution in [0.3, 0.4) is 0 Å². The number of aliphatic imine (C=N–C) groups is 1. The number of aromatic amines is 1. The first kappa shape index (κ1) is 24.9. The molecule has 0 saturated heterocycles. The zero-order chi connectivity index (χ0) is 26.2. The first-order valence-electron chi connectivity index (χ1n) is 10.8. The van der Waals surface area contributed by atoms with E-state index in [4.69, 9.17) is 15.2 Å². The molecule has 1 aromatic carbocycles. The summed E-state index contributed by atoms with van der Waals surface area (Å²) in [6.45, 7) is 2.93. The van der Waals surface area contributed by atoms with Crippen LogP contribution in [0, 0.1) is 11.6 Å². The molecule has 190 valence electrons. The number of nitrogens with two attached hydrogens (primary N) is 1. The Morgan fingerprint density at radius 1 is 1.25 bits per heavy atom. The Morgan fingerprint density at radius 2 is 1.92 bits per heavy atom. The van der Waals surface area contributed by atoms with Gasteiger partial charge in [-0.15, -0.1) is 0 Å². The molecule has 0 spiro atoms. The number of benzene rings is 1. The van der Waals surface area contributed by atoms with Crippen LogP contribution in [0.4, 0.5) is 25.0 Å². The van der Waals surface area contributed by atoms with Crippen LogP contribution in [0.15, 0.2) is 35.3 Å². The van der Waals surface area contributed by atoms with Gasteiger partial charge >= 0.3 is 6.03 Å². The van der Waals surface area contributed by atoms with Gasteiger partial charge in [0.25, 0.3) is 0 Å². The lowest BCUT2D eigenvalue weighted by atomic mass is 10.1. The highest BCUT2D eigenvalue weighted by molar-refractivity contribution is 6.16. The number of aromatic nitrogens is 3. The number of urea groups is 1. The van der Waals surface area contributed by atoms with E-state index in [2.05, 4.69) is 20.2 Å². The molecule has 4 rings (SSSR count). The Labute approximate surface area is 204 Å². The highest BCUT2D eigenvalue weighted by atomic mass is 19.1. The van der Waals surface area contributed by atoms with Gasteiger partial charge in [0, 0.05) is 30.2 Å². The van der Waals surface area contributed by atoms with Crippen molar-refractivity contribution >= 4 is 34.7 Å². The summed E-state index contributed by atoms with van der Waals surface area (Å²) in [5.41, 5.74) is 5.42. The smallest absolute Gasteiger partial charge is 0.334 e. The highest BCUT2D eigenvalue weighted by Crippen LogP contribution is 2.43. The van der Waals surface area contributed by atoms with Crippen molar-refractivity contribution in [2.24, 2.45) is 10.7 Å². The van der Waals surface area contributed by atoms with E-state index in [1.165, 1.54) is 32.8 Å². The highest BCUT2D eigenvalue weighted by Gasteiger charge is 2.39. The Kier molecular flexibility index (Phi) is 6.50. The van der Waals surface area contributed by atoms with E-state index in [0.717, 1.165) is 22.1 Å². The Morgan fingerprint density at radius 3 is 2.50 bits per heavy atom. The molecule has 1 aliphatic heterocycles. The van der Waals surface area contributed by atoms with Gasteiger partial charge in [0.1, 0.15) is 5.69 Å². The fourth-order valence-corrected chi connectivity index (χ4v) is 3.82. The summed E-state index contributed by atoms with van der Waals surface area (Å²) >= 11 is 0. The normalized spacial score (nSPS) is 14.6. The van der Waals surface area contributed by atoms with Crippen molar-refractivity contribution in [2.75, 3.05) is 30.6 Å². The van der Waals surface area contributed by atoms with Gasteiger partial charge in [0.2, 0.25) is 0 Å². The SMILES string of the molecule is COc1cc(OC)c(F)c(N2Cc3cnc4[nH]ncc4c3N(/C(C=NCC(C)(C)O)=C/N)C2=O)c1F. The third kappa shape index (κ3) is 4.28. The standard InChI is InChI=1S/C23H25F2N7O4/c1-23(2,34)11-27-8-13(6-26)32-19-12(7-28-21-14(19)9-29-30-21)10-31(22(32)33)20-17(24)15(35-3)5-16(36-4)18(20)25/h5-9,34H,10-11,26H2,1-4H3,(H,28,29,30)/b13-6+,27-8?. The summed E-state index contributed by atoms with van der Waals surface area (Å²) in [6, 6.07) is 0.232. The number of rotatable bonds is 7. The average Bonchev–Trinajstić information content (AvgIpc) is 3.31. The molecule has 0 aliphatic carbocycles. The molecule has 2 amide bonds. The molecule has 0 unspecified atom stereocenters. The maximum absolute atomic E-state index is 15.4. The number of carbonyl (C=O) groups is 1. The second-order valence-corrected chi connectivity index (χ2v) is 8.60. The predicted molar refractivity (Wildman–Crippen MR) is 129 cm³/mol. The molecule has 3 aromatic rings. The number of pyridine rings is 1. The first-order chi connectivity index (χ1) is 17.1. The molecule has 0 fully saturated rings. The number of ether oxygens (including phenoxy) is 2. The zero-order valence-electron chi connectivity index (χ0n) is 20.0. The molecule has 11 nitrogen and oxygen atoms in total. The van der Waals surface area contributed by atoms with Gasteiger partial charge in [-0.25, -0.2) is 18.6 Å². The maximum atomic E-state index is 15.4. The third-order valence-corrected chi connectivity index (χ3v) is 5.45. The Balaban J connectivity index is 1.92. The van der Waals surface area contributed by atoms with E-state index in [1.807, 2.05) is 0 Å². The van der Waals surface area contributed by atoms with Crippen LogP contribution in [0.5, 0.6) is 11.5 Å². The van der Waals surface area contributed by atoms with Gasteiger partial charge in [-0.1, -0.05) is 0 Å². The number of amides is 2. The van der Waals surface area contributed by atoms with Crippen LogP contribution in [-0.4, -0.2) is 58.9 Å². The molecule has 1 aliphatic rings. The van der Waals surface area contributed by atoms with Crippen molar-refractivity contribution in [3.8, 4) is 11.5 Å². The van der Waals surface area contributed by atoms with E-state index in [-0.39, 0.29) is 30.3 Å². The fraction of sp³-hybridized carbons (Fsp3) is 0.304. The number of methoxy groups -OCH3 is 2. The van der Waals surface area contributed by atoms with E-state index in [0.29, 0.717) is 22.3 Å². The summed E-state index contributed by atoms with van der Waals surface area (Å²) < 4.78 is 40.8. The molecule has 0 radical (unpaired) electrons. The van der Waals surface area contributed by atoms with Crippen molar-refractivity contribution < 1.29 is 28.2 Å². The van der Waals surface area contributed by atoms with E-state index in [1.54, 1.807) is 13.8 Å². The first-order valence-corrected chi connectivity index (χ1v) is 10.8. The molecule has 0 bridgehead atoms. The number of halogens is 2. The zero-order valence-corrected chi connectivity index (χ0v) is 20.0. The van der Waals surface area contributed by atoms with E-state index in [9.17, 15) is 9.90 Å². The maximum Gasteiger partial charge on any atom is 0.334 e. The molecule has 3 heterocycles. The number of nitrogens with zero attached hydrogens (tertiary/aromatic N) is 5. The number of anilines is 2. The Hall–Kier alpha value is -4.26. The lowest BCUT2D eigenvalue weighted by Gasteiger charge is -2.37. The van der Waals surface area contributed by atoms with Gasteiger partial charge in [0.15, 0.2) is 28.8 Å². The van der Waals surface area contributed by atoms with E-state index >= 15 is 8.78 Å². The summed E-state index contributed by atoms with van der Waals surface area (Å²) in [4.78, 5) is 24.4. The molecule has 36 heavy (non-hydrogen) atoms. The predicted octanol–water partition coefficient (Wildman–Crippen LogP) is 2.84. The molecule has 2 aromatic heterocycles. The Bertz CT molecular complexity index is 1350. The molecule has 13 heteroatoms. The number of hydrogen-bond acceptors (Lipinski definition) is 8. The molecular formula is C23H25F2N7O4. The average molecular weight is 501 g/mol. The van der Waals surface area contributed by atoms with Gasteiger partial charge in [-0.05, 0) is 13.8 Å². The number of allylic oxidation sites excluding steroid dienone is 1. The van der Waals surface area contributed by atoms with Gasteiger partial charge in [-0.2, -0.15) is 5.10 Å². The topological polar surface area (TPSA) is 142 Å². The van der Waals surface area contributed by atoms with E-state index < -0.39 is 29.0 Å². The van der Waals surface area contributed by atoms with Gasteiger partial charge in [-0.3, -0.25) is 19.9 Å². The summed E-state index contributed by atoms with van der Waals surface area (Å²) in [5, 5.41) is 17.2. The minimum absolute atomic E-state index is 0.0107. The molecular weight excluding hydrogens is 476 g/mol. The van der Waals surface area contributed by atoms with Crippen LogP contribution in [-0.2, 0) is 6.54 Å². The molecule has 4 N–H and O–H groups in total. The number of nitrogens with one attached hydrogen (secondary N) is 1. The second kappa shape index (κ2) is 9.41. The van der Waals surface area contributed by atoms with Gasteiger partial charge in [0.05, 0.1) is 55.9 Å². The largest absolute Gasteiger partial charge is 0.493 e.